The number of rotatable bonds is 7. The molecule has 0 aliphatic rings. The van der Waals surface area contributed by atoms with Crippen LogP contribution >= 0.6 is 11.6 Å². The van der Waals surface area contributed by atoms with Crippen LogP contribution in [0.1, 0.15) is 41.9 Å². The van der Waals surface area contributed by atoms with Crippen molar-refractivity contribution in [2.45, 2.75) is 32.4 Å². The summed E-state index contributed by atoms with van der Waals surface area (Å²) in [6.07, 6.45) is 0.199. The quantitative estimate of drug-likeness (QED) is 0.766. The van der Waals surface area contributed by atoms with Gasteiger partial charge in [-0.25, -0.2) is 9.07 Å². The van der Waals surface area contributed by atoms with Crippen LogP contribution in [0.5, 0.6) is 0 Å². The van der Waals surface area contributed by atoms with E-state index in [0.717, 1.165) is 10.7 Å². The molecule has 2 N–H and O–H groups in total. The molecule has 138 valence electrons. The minimum absolute atomic E-state index is 0.0390. The molecule has 0 saturated heterocycles. The number of halogens is 2. The summed E-state index contributed by atoms with van der Waals surface area (Å²) in [4.78, 5) is 35.2. The Morgan fingerprint density at radius 2 is 2.08 bits per heavy atom. The summed E-state index contributed by atoms with van der Waals surface area (Å²) in [6.45, 7) is 2.21. The van der Waals surface area contributed by atoms with Crippen LogP contribution in [0.3, 0.4) is 0 Å². The van der Waals surface area contributed by atoms with E-state index >= 15 is 0 Å². The molecule has 0 aliphatic heterocycles. The van der Waals surface area contributed by atoms with Gasteiger partial charge in [-0.3, -0.25) is 14.4 Å². The lowest BCUT2D eigenvalue weighted by atomic mass is 10.0. The first-order valence-corrected chi connectivity index (χ1v) is 8.25. The van der Waals surface area contributed by atoms with Crippen LogP contribution in [0, 0.1) is 5.82 Å². The summed E-state index contributed by atoms with van der Waals surface area (Å²) in [5.41, 5.74) is -0.127. The summed E-state index contributed by atoms with van der Waals surface area (Å²) in [6, 6.07) is 5.27. The lowest BCUT2D eigenvalue weighted by Gasteiger charge is -2.18. The number of benzene rings is 1. The molecular formula is C17H17ClFN3O4. The lowest BCUT2D eigenvalue weighted by molar-refractivity contribution is -0.137. The molecule has 1 atom stereocenters. The molecule has 7 nitrogen and oxygen atoms in total. The Kier molecular flexibility index (Phi) is 6.46. The maximum absolute atomic E-state index is 13.7. The third-order valence-electron chi connectivity index (χ3n) is 3.56. The summed E-state index contributed by atoms with van der Waals surface area (Å²) in [5, 5.41) is 15.4. The second-order valence-corrected chi connectivity index (χ2v) is 5.98. The Morgan fingerprint density at radius 1 is 1.35 bits per heavy atom. The first-order valence-electron chi connectivity index (χ1n) is 7.87. The molecular weight excluding hydrogens is 365 g/mol. The minimum Gasteiger partial charge on any atom is -0.481 e. The molecule has 0 bridgehead atoms. The largest absolute Gasteiger partial charge is 0.481 e. The van der Waals surface area contributed by atoms with Gasteiger partial charge in [0.15, 0.2) is 0 Å². The molecule has 1 aromatic carbocycles. The Labute approximate surface area is 153 Å². The van der Waals surface area contributed by atoms with E-state index in [4.69, 9.17) is 16.7 Å². The Morgan fingerprint density at radius 3 is 2.69 bits per heavy atom. The number of nitrogens with one attached hydrogen (secondary N) is 1. The van der Waals surface area contributed by atoms with Gasteiger partial charge in [0.2, 0.25) is 0 Å². The van der Waals surface area contributed by atoms with Gasteiger partial charge in [-0.2, -0.15) is 5.10 Å². The topological polar surface area (TPSA) is 101 Å². The highest BCUT2D eigenvalue weighted by Gasteiger charge is 2.21. The van der Waals surface area contributed by atoms with E-state index in [0.29, 0.717) is 13.0 Å². The number of aliphatic carboxylic acids is 1. The molecule has 1 amide bonds. The van der Waals surface area contributed by atoms with E-state index in [-0.39, 0.29) is 21.8 Å². The van der Waals surface area contributed by atoms with Crippen molar-refractivity contribution < 1.29 is 19.1 Å². The van der Waals surface area contributed by atoms with Crippen molar-refractivity contribution in [3.63, 3.8) is 0 Å². The molecule has 0 saturated carbocycles. The third-order valence-corrected chi connectivity index (χ3v) is 3.87. The molecule has 1 heterocycles. The van der Waals surface area contributed by atoms with E-state index in [1.807, 2.05) is 6.92 Å². The molecule has 9 heteroatoms. The number of nitrogens with zero attached hydrogens (tertiary/aromatic N) is 2. The van der Waals surface area contributed by atoms with E-state index in [2.05, 4.69) is 10.4 Å². The standard InChI is InChI=1S/C17H17ClFN3O4/c1-2-7-22-15(23)6-5-13(21-22)17(26)20-14(9-16(24)25)10-3-4-11(18)12(19)8-10/h3-6,8,14H,2,7,9H2,1H3,(H,20,26)(H,24,25)/t14-/m0/s1. The van der Waals surface area contributed by atoms with Crippen LogP contribution < -0.4 is 10.9 Å². The van der Waals surface area contributed by atoms with Crippen molar-refractivity contribution in [3.8, 4) is 0 Å². The average Bonchev–Trinajstić information content (AvgIpc) is 2.58. The van der Waals surface area contributed by atoms with Crippen LogP contribution in [0.25, 0.3) is 0 Å². The van der Waals surface area contributed by atoms with Crippen molar-refractivity contribution in [3.05, 3.63) is 62.8 Å². The van der Waals surface area contributed by atoms with Crippen LogP contribution in [0.15, 0.2) is 35.1 Å². The molecule has 0 unspecified atom stereocenters. The number of carboxylic acid groups (broad SMARTS) is 1. The van der Waals surface area contributed by atoms with Crippen LogP contribution in [-0.4, -0.2) is 26.8 Å². The molecule has 0 fully saturated rings. The number of hydrogen-bond donors (Lipinski definition) is 2. The maximum atomic E-state index is 13.7. The first-order chi connectivity index (χ1) is 12.3. The van der Waals surface area contributed by atoms with Gasteiger partial charge in [0.05, 0.1) is 17.5 Å². The molecule has 0 radical (unpaired) electrons. The number of carbonyl (C=O) groups is 2. The molecule has 26 heavy (non-hydrogen) atoms. The molecule has 2 aromatic rings. The van der Waals surface area contributed by atoms with Crippen molar-refractivity contribution >= 4 is 23.5 Å². The highest BCUT2D eigenvalue weighted by Crippen LogP contribution is 2.22. The second kappa shape index (κ2) is 8.57. The fourth-order valence-electron chi connectivity index (χ4n) is 2.33. The Bertz CT molecular complexity index is 885. The molecule has 1 aromatic heterocycles. The van der Waals surface area contributed by atoms with E-state index in [9.17, 15) is 18.8 Å². The summed E-state index contributed by atoms with van der Waals surface area (Å²) >= 11 is 5.63. The third kappa shape index (κ3) is 4.89. The fourth-order valence-corrected chi connectivity index (χ4v) is 2.45. The van der Waals surface area contributed by atoms with Gasteiger partial charge >= 0.3 is 5.97 Å². The van der Waals surface area contributed by atoms with Gasteiger partial charge in [0.1, 0.15) is 11.5 Å². The number of carboxylic acids is 1. The van der Waals surface area contributed by atoms with Crippen LogP contribution in [-0.2, 0) is 11.3 Å². The Hall–Kier alpha value is -2.74. The smallest absolute Gasteiger partial charge is 0.305 e. The van der Waals surface area contributed by atoms with Crippen molar-refractivity contribution in [1.29, 1.82) is 0 Å². The zero-order valence-electron chi connectivity index (χ0n) is 13.9. The monoisotopic (exact) mass is 381 g/mol. The van der Waals surface area contributed by atoms with Gasteiger partial charge in [-0.05, 0) is 30.2 Å². The van der Waals surface area contributed by atoms with E-state index in [1.165, 1.54) is 24.3 Å². The number of hydrogen-bond acceptors (Lipinski definition) is 4. The van der Waals surface area contributed by atoms with E-state index < -0.39 is 30.2 Å². The van der Waals surface area contributed by atoms with Gasteiger partial charge in [0, 0.05) is 12.6 Å². The second-order valence-electron chi connectivity index (χ2n) is 5.58. The maximum Gasteiger partial charge on any atom is 0.305 e. The fraction of sp³-hybridized carbons (Fsp3) is 0.294. The average molecular weight is 382 g/mol. The summed E-state index contributed by atoms with van der Waals surface area (Å²) in [7, 11) is 0. The van der Waals surface area contributed by atoms with Crippen molar-refractivity contribution in [2.24, 2.45) is 0 Å². The van der Waals surface area contributed by atoms with Gasteiger partial charge in [0.25, 0.3) is 11.5 Å². The van der Waals surface area contributed by atoms with Gasteiger partial charge in [-0.15, -0.1) is 0 Å². The number of aryl methyl sites for hydroxylation is 1. The van der Waals surface area contributed by atoms with Gasteiger partial charge < -0.3 is 10.4 Å². The molecule has 2 rings (SSSR count). The summed E-state index contributed by atoms with van der Waals surface area (Å²) in [5.74, 6) is -2.56. The van der Waals surface area contributed by atoms with Gasteiger partial charge in [-0.1, -0.05) is 24.6 Å². The number of carbonyl (C=O) groups excluding carboxylic acids is 1. The SMILES string of the molecule is CCCn1nc(C(=O)N[C@@H](CC(=O)O)c2ccc(Cl)c(F)c2)ccc1=O. The molecule has 0 spiro atoms. The summed E-state index contributed by atoms with van der Waals surface area (Å²) < 4.78 is 14.8. The van der Waals surface area contributed by atoms with E-state index in [1.54, 1.807) is 0 Å². The zero-order valence-corrected chi connectivity index (χ0v) is 14.7. The highest BCUT2D eigenvalue weighted by atomic mass is 35.5. The predicted octanol–water partition coefficient (Wildman–Crippen LogP) is 2.39. The zero-order chi connectivity index (χ0) is 19.3. The number of amides is 1. The number of aromatic nitrogens is 2. The normalized spacial score (nSPS) is 11.8. The van der Waals surface area contributed by atoms with Crippen LogP contribution in [0.4, 0.5) is 4.39 Å². The van der Waals surface area contributed by atoms with Crippen molar-refractivity contribution in [1.82, 2.24) is 15.1 Å². The predicted molar refractivity (Wildman–Crippen MR) is 92.7 cm³/mol. The lowest BCUT2D eigenvalue weighted by Crippen LogP contribution is -2.33. The first kappa shape index (κ1) is 19.6. The highest BCUT2D eigenvalue weighted by molar-refractivity contribution is 6.30. The van der Waals surface area contributed by atoms with Crippen LogP contribution in [0.2, 0.25) is 5.02 Å². The Balaban J connectivity index is 2.29. The minimum atomic E-state index is -1.17. The molecule has 0 aliphatic carbocycles. The van der Waals surface area contributed by atoms with Crippen molar-refractivity contribution in [2.75, 3.05) is 0 Å².